The summed E-state index contributed by atoms with van der Waals surface area (Å²) in [7, 11) is 2.05. The molecule has 0 fully saturated rings. The van der Waals surface area contributed by atoms with Crippen molar-refractivity contribution < 1.29 is 5.11 Å². The highest BCUT2D eigenvalue weighted by atomic mass is 16.3. The second-order valence-electron chi connectivity index (χ2n) is 3.54. The van der Waals surface area contributed by atoms with Gasteiger partial charge in [0.15, 0.2) is 0 Å². The van der Waals surface area contributed by atoms with E-state index in [9.17, 15) is 5.11 Å². The third-order valence-corrected chi connectivity index (χ3v) is 2.60. The van der Waals surface area contributed by atoms with E-state index < -0.39 is 0 Å². The number of aliphatic hydroxyl groups excluding tert-OH is 1. The number of hydrogen-bond donors (Lipinski definition) is 1. The molecule has 13 heavy (non-hydrogen) atoms. The Bertz CT molecular complexity index is 319. The first-order chi connectivity index (χ1) is 6.24. The van der Waals surface area contributed by atoms with Gasteiger partial charge in [-0.3, -0.25) is 0 Å². The molecule has 0 amide bonds. The molecule has 1 aliphatic rings. The SMILES string of the molecule is Cc1nn2c(c1CO)N(C)CCC2. The lowest BCUT2D eigenvalue weighted by Gasteiger charge is -2.26. The maximum Gasteiger partial charge on any atom is 0.132 e. The zero-order valence-electron chi connectivity index (χ0n) is 8.12. The van der Waals surface area contributed by atoms with Crippen LogP contribution in [0, 0.1) is 6.92 Å². The molecule has 4 nitrogen and oxygen atoms in total. The van der Waals surface area contributed by atoms with Crippen LogP contribution in [-0.4, -0.2) is 28.5 Å². The molecule has 1 N–H and O–H groups in total. The first-order valence-corrected chi connectivity index (χ1v) is 4.62. The van der Waals surface area contributed by atoms with Gasteiger partial charge >= 0.3 is 0 Å². The van der Waals surface area contributed by atoms with Gasteiger partial charge in [0.05, 0.1) is 12.3 Å². The third kappa shape index (κ3) is 1.21. The molecule has 72 valence electrons. The van der Waals surface area contributed by atoms with Gasteiger partial charge in [0.25, 0.3) is 0 Å². The molecule has 1 aliphatic heterocycles. The van der Waals surface area contributed by atoms with Gasteiger partial charge in [-0.05, 0) is 13.3 Å². The van der Waals surface area contributed by atoms with E-state index in [1.165, 1.54) is 0 Å². The lowest BCUT2D eigenvalue weighted by molar-refractivity contribution is 0.281. The second-order valence-corrected chi connectivity index (χ2v) is 3.54. The standard InChI is InChI=1S/C9H15N3O/c1-7-8(6-13)9-11(2)4-3-5-12(9)10-7/h13H,3-6H2,1-2H3. The van der Waals surface area contributed by atoms with Crippen LogP contribution in [0.25, 0.3) is 0 Å². The van der Waals surface area contributed by atoms with Crippen molar-refractivity contribution in [3.63, 3.8) is 0 Å². The highest BCUT2D eigenvalue weighted by Crippen LogP contribution is 2.26. The van der Waals surface area contributed by atoms with Gasteiger partial charge in [-0.1, -0.05) is 0 Å². The number of anilines is 1. The fourth-order valence-corrected chi connectivity index (χ4v) is 1.94. The normalized spacial score (nSPS) is 16.1. The van der Waals surface area contributed by atoms with Crippen LogP contribution in [0.5, 0.6) is 0 Å². The van der Waals surface area contributed by atoms with Crippen molar-refractivity contribution in [2.24, 2.45) is 0 Å². The molecule has 0 saturated heterocycles. The Balaban J connectivity index is 2.51. The Morgan fingerprint density at radius 2 is 2.23 bits per heavy atom. The molecule has 4 heteroatoms. The molecule has 0 atom stereocenters. The Kier molecular flexibility index (Phi) is 2.00. The van der Waals surface area contributed by atoms with Crippen molar-refractivity contribution in [2.45, 2.75) is 26.5 Å². The summed E-state index contributed by atoms with van der Waals surface area (Å²) in [6, 6.07) is 0. The van der Waals surface area contributed by atoms with Crippen LogP contribution in [-0.2, 0) is 13.2 Å². The molecule has 0 aliphatic carbocycles. The van der Waals surface area contributed by atoms with Crippen molar-refractivity contribution in [1.82, 2.24) is 9.78 Å². The summed E-state index contributed by atoms with van der Waals surface area (Å²) in [5.74, 6) is 1.09. The highest BCUT2D eigenvalue weighted by molar-refractivity contribution is 5.50. The van der Waals surface area contributed by atoms with E-state index in [-0.39, 0.29) is 6.61 Å². The van der Waals surface area contributed by atoms with Gasteiger partial charge in [-0.2, -0.15) is 5.10 Å². The molecule has 0 bridgehead atoms. The van der Waals surface area contributed by atoms with Crippen LogP contribution in [0.4, 0.5) is 5.82 Å². The number of nitrogens with zero attached hydrogens (tertiary/aromatic N) is 3. The summed E-state index contributed by atoms with van der Waals surface area (Å²) in [4.78, 5) is 2.16. The summed E-state index contributed by atoms with van der Waals surface area (Å²) >= 11 is 0. The number of aromatic nitrogens is 2. The first kappa shape index (κ1) is 8.56. The molecular weight excluding hydrogens is 166 g/mol. The van der Waals surface area contributed by atoms with Crippen molar-refractivity contribution in [2.75, 3.05) is 18.5 Å². The minimum atomic E-state index is 0.0888. The molecule has 0 aromatic carbocycles. The monoisotopic (exact) mass is 181 g/mol. The van der Waals surface area contributed by atoms with Crippen LogP contribution in [0.1, 0.15) is 17.7 Å². The first-order valence-electron chi connectivity index (χ1n) is 4.62. The largest absolute Gasteiger partial charge is 0.391 e. The minimum Gasteiger partial charge on any atom is -0.391 e. The zero-order valence-corrected chi connectivity index (χ0v) is 8.12. The minimum absolute atomic E-state index is 0.0888. The number of aliphatic hydroxyl groups is 1. The summed E-state index contributed by atoms with van der Waals surface area (Å²) in [6.07, 6.45) is 1.13. The smallest absolute Gasteiger partial charge is 0.132 e. The van der Waals surface area contributed by atoms with Gasteiger partial charge in [0, 0.05) is 25.7 Å². The Labute approximate surface area is 77.8 Å². The molecule has 2 heterocycles. The number of hydrogen-bond acceptors (Lipinski definition) is 3. The summed E-state index contributed by atoms with van der Waals surface area (Å²) in [5.41, 5.74) is 1.92. The maximum atomic E-state index is 9.20. The molecule has 0 unspecified atom stereocenters. The third-order valence-electron chi connectivity index (χ3n) is 2.60. The molecule has 2 rings (SSSR count). The van der Waals surface area contributed by atoms with Crippen LogP contribution in [0.15, 0.2) is 0 Å². The lowest BCUT2D eigenvalue weighted by Crippen LogP contribution is -2.29. The van der Waals surface area contributed by atoms with Gasteiger partial charge in [-0.15, -0.1) is 0 Å². The number of rotatable bonds is 1. The molecule has 0 saturated carbocycles. The zero-order chi connectivity index (χ0) is 9.42. The molecule has 1 aromatic rings. The van der Waals surface area contributed by atoms with E-state index in [1.807, 2.05) is 18.7 Å². The van der Waals surface area contributed by atoms with Crippen LogP contribution < -0.4 is 4.90 Å². The van der Waals surface area contributed by atoms with E-state index in [1.54, 1.807) is 0 Å². The summed E-state index contributed by atoms with van der Waals surface area (Å²) in [6.45, 7) is 4.06. The van der Waals surface area contributed by atoms with Crippen molar-refractivity contribution in [3.05, 3.63) is 11.3 Å². The maximum absolute atomic E-state index is 9.20. The fourth-order valence-electron chi connectivity index (χ4n) is 1.94. The average Bonchev–Trinajstić information content (AvgIpc) is 2.42. The predicted octanol–water partition coefficient (Wildman–Crippen LogP) is 0.524. The predicted molar refractivity (Wildman–Crippen MR) is 50.8 cm³/mol. The molecular formula is C9H15N3O. The summed E-state index contributed by atoms with van der Waals surface area (Å²) < 4.78 is 1.99. The Hall–Kier alpha value is -1.03. The van der Waals surface area contributed by atoms with Gasteiger partial charge in [0.1, 0.15) is 5.82 Å². The Morgan fingerprint density at radius 1 is 1.46 bits per heavy atom. The topological polar surface area (TPSA) is 41.3 Å². The summed E-state index contributed by atoms with van der Waals surface area (Å²) in [5, 5.41) is 13.6. The van der Waals surface area contributed by atoms with E-state index in [2.05, 4.69) is 10.00 Å². The van der Waals surface area contributed by atoms with E-state index in [0.29, 0.717) is 0 Å². The van der Waals surface area contributed by atoms with Crippen LogP contribution in [0.2, 0.25) is 0 Å². The van der Waals surface area contributed by atoms with Gasteiger partial charge in [-0.25, -0.2) is 4.68 Å². The highest BCUT2D eigenvalue weighted by Gasteiger charge is 2.20. The molecule has 1 aromatic heterocycles. The van der Waals surface area contributed by atoms with Crippen molar-refractivity contribution in [3.8, 4) is 0 Å². The average molecular weight is 181 g/mol. The number of aryl methyl sites for hydroxylation is 2. The quantitative estimate of drug-likeness (QED) is 0.687. The fraction of sp³-hybridized carbons (Fsp3) is 0.667. The van der Waals surface area contributed by atoms with Crippen molar-refractivity contribution in [1.29, 1.82) is 0 Å². The van der Waals surface area contributed by atoms with E-state index in [0.717, 1.165) is 36.6 Å². The van der Waals surface area contributed by atoms with Crippen molar-refractivity contribution >= 4 is 5.82 Å². The second kappa shape index (κ2) is 3.03. The van der Waals surface area contributed by atoms with E-state index >= 15 is 0 Å². The molecule has 0 radical (unpaired) electrons. The van der Waals surface area contributed by atoms with E-state index in [4.69, 9.17) is 0 Å². The van der Waals surface area contributed by atoms with Crippen LogP contribution >= 0.6 is 0 Å². The molecule has 0 spiro atoms. The van der Waals surface area contributed by atoms with Gasteiger partial charge in [0.2, 0.25) is 0 Å². The van der Waals surface area contributed by atoms with Crippen LogP contribution in [0.3, 0.4) is 0 Å². The number of fused-ring (bicyclic) bond motifs is 1. The lowest BCUT2D eigenvalue weighted by atomic mass is 10.2. The Morgan fingerprint density at radius 3 is 2.92 bits per heavy atom. The van der Waals surface area contributed by atoms with Gasteiger partial charge < -0.3 is 10.0 Å².